The lowest BCUT2D eigenvalue weighted by Gasteiger charge is -2.37. The zero-order valence-corrected chi connectivity index (χ0v) is 29.4. The van der Waals surface area contributed by atoms with Crippen LogP contribution in [0.25, 0.3) is 0 Å². The summed E-state index contributed by atoms with van der Waals surface area (Å²) in [5.41, 5.74) is 2.27. The predicted molar refractivity (Wildman–Crippen MR) is 191 cm³/mol. The van der Waals surface area contributed by atoms with Gasteiger partial charge in [0.15, 0.2) is 0 Å². The van der Waals surface area contributed by atoms with E-state index in [1.54, 1.807) is 22.0 Å². The maximum atomic E-state index is 14.9. The molecule has 0 radical (unpaired) electrons. The lowest BCUT2D eigenvalue weighted by atomic mass is 9.70. The molecule has 3 saturated heterocycles. The fraction of sp³-hybridized carbons (Fsp3) is 0.500. The molecule has 0 aliphatic carbocycles. The van der Waals surface area contributed by atoms with E-state index in [0.717, 1.165) is 35.2 Å². The van der Waals surface area contributed by atoms with Gasteiger partial charge >= 0.3 is 5.97 Å². The van der Waals surface area contributed by atoms with Gasteiger partial charge in [-0.05, 0) is 68.7 Å². The number of likely N-dealkylation sites (tertiary alicyclic amines) is 1. The number of hydrogen-bond acceptors (Lipinski definition) is 7. The van der Waals surface area contributed by atoms with Gasteiger partial charge in [0.25, 0.3) is 5.91 Å². The number of nitrogens with one attached hydrogen (secondary N) is 1. The number of anilines is 1. The minimum Gasteiger partial charge on any atom is -0.463 e. The number of hydrogen-bond donors (Lipinski definition) is 2. The minimum atomic E-state index is -1.16. The fourth-order valence-corrected chi connectivity index (χ4v) is 7.96. The van der Waals surface area contributed by atoms with E-state index in [-0.39, 0.29) is 43.9 Å². The zero-order chi connectivity index (χ0) is 35.8. The van der Waals surface area contributed by atoms with Crippen LogP contribution in [0.3, 0.4) is 0 Å². The Hall–Kier alpha value is -4.28. The summed E-state index contributed by atoms with van der Waals surface area (Å²) in [6.45, 7) is 12.1. The first-order chi connectivity index (χ1) is 24.2. The minimum absolute atomic E-state index is 0.0683. The summed E-state index contributed by atoms with van der Waals surface area (Å²) < 4.78 is 12.3. The molecule has 6 atom stereocenters. The number of nitrogens with zero attached hydrogens (tertiary/aromatic N) is 2. The number of aliphatic hydroxyl groups is 1. The van der Waals surface area contributed by atoms with E-state index in [4.69, 9.17) is 9.47 Å². The summed E-state index contributed by atoms with van der Waals surface area (Å²) >= 11 is 0. The highest BCUT2D eigenvalue weighted by molar-refractivity contribution is 6.05. The Labute approximate surface area is 295 Å². The van der Waals surface area contributed by atoms with Crippen LogP contribution < -0.4 is 10.2 Å². The molecule has 2 aromatic carbocycles. The number of allylic oxidation sites excluding steroid dienone is 1. The quantitative estimate of drug-likeness (QED) is 0.127. The normalized spacial score (nSPS) is 24.1. The molecule has 1 spiro atoms. The molecule has 3 fully saturated rings. The largest absolute Gasteiger partial charge is 0.463 e. The molecular formula is C40H51N3O7. The van der Waals surface area contributed by atoms with E-state index in [1.165, 1.54) is 0 Å². The van der Waals surface area contributed by atoms with Crippen LogP contribution in [0.2, 0.25) is 0 Å². The topological polar surface area (TPSA) is 125 Å². The molecule has 2 aromatic rings. The number of fused-ring (bicyclic) bond motifs is 1. The maximum Gasteiger partial charge on any atom is 0.306 e. The molecule has 3 amide bonds. The molecule has 5 rings (SSSR count). The van der Waals surface area contributed by atoms with Crippen LogP contribution in [0.4, 0.5) is 5.69 Å². The molecule has 50 heavy (non-hydrogen) atoms. The van der Waals surface area contributed by atoms with Crippen molar-refractivity contribution in [2.24, 2.45) is 11.8 Å². The SMILES string of the molecule is C=CCCC(=O)OC[C@H](NC(=O)[C@@H]1[C@@H]2CC[C@]3(O2)[C@H](C(=O)N(CC=C)c2cc(C)ccc2C)N(CCCCCCO)C(=O)[C@@H]13)c1ccccc1. The van der Waals surface area contributed by atoms with Crippen LogP contribution in [0.5, 0.6) is 0 Å². The van der Waals surface area contributed by atoms with Crippen LogP contribution in [0.1, 0.15) is 74.1 Å². The molecular weight excluding hydrogens is 634 g/mol. The first kappa shape index (κ1) is 37.0. The third-order valence-corrected chi connectivity index (χ3v) is 10.4. The van der Waals surface area contributed by atoms with Crippen molar-refractivity contribution in [2.45, 2.75) is 89.0 Å². The standard InChI is InChI=1S/C40H51N3O7/c1-5-7-17-33(45)49-26-30(29-15-11-10-12-16-29)41-37(46)34-32-20-21-40(50-32)35(34)38(47)43(23-13-8-9-14-24-44)36(40)39(48)42(22-6-2)31-25-27(3)18-19-28(31)4/h5-6,10-12,15-16,18-19,25,30,32,34-36,44H,1-2,7-9,13-14,17,20-24,26H2,3-4H3,(H,41,46)/t30-,32-,34+,35+,36-,40+/m0/s1. The highest BCUT2D eigenvalue weighted by Crippen LogP contribution is 2.59. The highest BCUT2D eigenvalue weighted by atomic mass is 16.5. The van der Waals surface area contributed by atoms with Gasteiger partial charge in [0, 0.05) is 31.8 Å². The van der Waals surface area contributed by atoms with Crippen molar-refractivity contribution in [3.8, 4) is 0 Å². The van der Waals surface area contributed by atoms with Crippen molar-refractivity contribution in [2.75, 3.05) is 31.2 Å². The molecule has 0 aromatic heterocycles. The van der Waals surface area contributed by atoms with Gasteiger partial charge in [0.05, 0.1) is 24.0 Å². The number of esters is 1. The van der Waals surface area contributed by atoms with Gasteiger partial charge in [-0.2, -0.15) is 0 Å². The second-order valence-electron chi connectivity index (χ2n) is 13.7. The van der Waals surface area contributed by atoms with Gasteiger partial charge in [0.1, 0.15) is 18.2 Å². The maximum absolute atomic E-state index is 14.9. The molecule has 3 aliphatic heterocycles. The van der Waals surface area contributed by atoms with E-state index in [9.17, 15) is 24.3 Å². The number of aliphatic hydroxyl groups excluding tert-OH is 1. The van der Waals surface area contributed by atoms with Crippen molar-refractivity contribution in [1.29, 1.82) is 0 Å². The Balaban J connectivity index is 1.46. The Morgan fingerprint density at radius 2 is 1.86 bits per heavy atom. The second-order valence-corrected chi connectivity index (χ2v) is 13.7. The smallest absolute Gasteiger partial charge is 0.306 e. The fourth-order valence-electron chi connectivity index (χ4n) is 7.96. The van der Waals surface area contributed by atoms with Crippen LogP contribution in [0.15, 0.2) is 73.8 Å². The van der Waals surface area contributed by atoms with E-state index in [2.05, 4.69) is 18.5 Å². The molecule has 268 valence electrons. The molecule has 10 heteroatoms. The van der Waals surface area contributed by atoms with Crippen LogP contribution in [-0.2, 0) is 28.7 Å². The number of ether oxygens (including phenoxy) is 2. The third-order valence-electron chi connectivity index (χ3n) is 10.4. The molecule has 0 unspecified atom stereocenters. The summed E-state index contributed by atoms with van der Waals surface area (Å²) in [5.74, 6) is -2.92. The molecule has 2 bridgehead atoms. The van der Waals surface area contributed by atoms with Crippen molar-refractivity contribution >= 4 is 29.4 Å². The molecule has 2 N–H and O–H groups in total. The lowest BCUT2D eigenvalue weighted by Crippen LogP contribution is -2.56. The summed E-state index contributed by atoms with van der Waals surface area (Å²) in [4.78, 5) is 59.6. The average molecular weight is 686 g/mol. The zero-order valence-electron chi connectivity index (χ0n) is 29.4. The first-order valence-electron chi connectivity index (χ1n) is 17.9. The van der Waals surface area contributed by atoms with E-state index < -0.39 is 41.6 Å². The number of carbonyl (C=O) groups is 4. The Kier molecular flexibility index (Phi) is 12.3. The van der Waals surface area contributed by atoms with E-state index in [0.29, 0.717) is 38.6 Å². The van der Waals surface area contributed by atoms with Gasteiger partial charge < -0.3 is 29.7 Å². The van der Waals surface area contributed by atoms with Gasteiger partial charge in [-0.3, -0.25) is 19.2 Å². The molecule has 3 aliphatic rings. The number of aryl methyl sites for hydroxylation is 2. The first-order valence-corrected chi connectivity index (χ1v) is 17.9. The van der Waals surface area contributed by atoms with Crippen LogP contribution in [0, 0.1) is 25.7 Å². The lowest BCUT2D eigenvalue weighted by molar-refractivity contribution is -0.146. The second kappa shape index (κ2) is 16.6. The van der Waals surface area contributed by atoms with Crippen LogP contribution >= 0.6 is 0 Å². The number of amides is 3. The number of carbonyl (C=O) groups excluding carboxylic acids is 4. The summed E-state index contributed by atoms with van der Waals surface area (Å²) in [5, 5.41) is 12.4. The van der Waals surface area contributed by atoms with E-state index >= 15 is 0 Å². The highest BCUT2D eigenvalue weighted by Gasteiger charge is 2.74. The summed E-state index contributed by atoms with van der Waals surface area (Å²) in [7, 11) is 0. The predicted octanol–water partition coefficient (Wildman–Crippen LogP) is 5.12. The van der Waals surface area contributed by atoms with Crippen molar-refractivity contribution in [3.05, 3.63) is 90.5 Å². The monoisotopic (exact) mass is 685 g/mol. The van der Waals surface area contributed by atoms with Gasteiger partial charge in [0.2, 0.25) is 11.8 Å². The molecule has 3 heterocycles. The van der Waals surface area contributed by atoms with Crippen molar-refractivity contribution in [1.82, 2.24) is 10.2 Å². The Morgan fingerprint density at radius 1 is 1.10 bits per heavy atom. The van der Waals surface area contributed by atoms with Crippen molar-refractivity contribution in [3.63, 3.8) is 0 Å². The van der Waals surface area contributed by atoms with Crippen molar-refractivity contribution < 1.29 is 33.8 Å². The molecule has 0 saturated carbocycles. The third kappa shape index (κ3) is 7.56. The Bertz CT molecular complexity index is 1560. The molecule has 10 nitrogen and oxygen atoms in total. The number of benzene rings is 2. The van der Waals surface area contributed by atoms with Gasteiger partial charge in [-0.15, -0.1) is 13.2 Å². The van der Waals surface area contributed by atoms with Gasteiger partial charge in [-0.1, -0.05) is 67.5 Å². The average Bonchev–Trinajstić information content (AvgIpc) is 3.76. The van der Waals surface area contributed by atoms with Gasteiger partial charge in [-0.25, -0.2) is 0 Å². The number of unbranched alkanes of at least 4 members (excludes halogenated alkanes) is 3. The summed E-state index contributed by atoms with van der Waals surface area (Å²) in [6, 6.07) is 13.7. The number of rotatable bonds is 18. The van der Waals surface area contributed by atoms with Crippen LogP contribution in [-0.4, -0.2) is 77.7 Å². The summed E-state index contributed by atoms with van der Waals surface area (Å²) in [6.07, 6.45) is 7.39. The Morgan fingerprint density at radius 3 is 2.58 bits per heavy atom. The van der Waals surface area contributed by atoms with E-state index in [1.807, 2.05) is 62.4 Å².